The largest absolute Gasteiger partial charge is 0.437 e. The highest BCUT2D eigenvalue weighted by atomic mass is 32.2. The summed E-state index contributed by atoms with van der Waals surface area (Å²) in [6.07, 6.45) is -5.38. The van der Waals surface area contributed by atoms with Gasteiger partial charge in [-0.1, -0.05) is 42.5 Å². The number of aliphatic hydroxyl groups is 1. The third-order valence-corrected chi connectivity index (χ3v) is 6.99. The average Bonchev–Trinajstić information content (AvgIpc) is 2.72. The number of alkyl halides is 3. The van der Waals surface area contributed by atoms with Crippen LogP contribution in [0.3, 0.4) is 0 Å². The minimum Gasteiger partial charge on any atom is -0.363 e. The summed E-state index contributed by atoms with van der Waals surface area (Å²) in [5, 5.41) is 14.3. The number of Topliss-reactive ketones (excluding diaryl/α,β-unsaturated/α-hetero) is 1. The second-order valence-corrected chi connectivity index (χ2v) is 9.56. The first kappa shape index (κ1) is 23.7. The number of nitrogens with one attached hydrogen (secondary N) is 2. The molecule has 172 valence electrons. The lowest BCUT2D eigenvalue weighted by molar-refractivity contribution is -0.287. The van der Waals surface area contributed by atoms with Gasteiger partial charge in [0.25, 0.3) is 0 Å². The van der Waals surface area contributed by atoms with Gasteiger partial charge in [0.1, 0.15) is 5.92 Å². The number of urea groups is 1. The lowest BCUT2D eigenvalue weighted by Crippen LogP contribution is -2.72. The zero-order valence-electron chi connectivity index (χ0n) is 16.9. The smallest absolute Gasteiger partial charge is 0.363 e. The van der Waals surface area contributed by atoms with E-state index >= 15 is 0 Å². The van der Waals surface area contributed by atoms with Crippen LogP contribution in [-0.2, 0) is 10.0 Å². The molecule has 3 atom stereocenters. The molecule has 1 heterocycles. The van der Waals surface area contributed by atoms with E-state index in [1.54, 1.807) is 6.07 Å². The molecule has 0 aromatic heterocycles. The number of nitrogens with zero attached hydrogens (tertiary/aromatic N) is 1. The summed E-state index contributed by atoms with van der Waals surface area (Å²) < 4.78 is 67.1. The first-order chi connectivity index (χ1) is 14.8. The number of ketones is 1. The molecule has 8 nitrogen and oxygen atoms in total. The number of halogens is 3. The lowest BCUT2D eigenvalue weighted by Gasteiger charge is -2.45. The standard InChI is InChI=1S/C20H20F3N3O5S/c1-26(2)32(30,31)14-10-8-13(9-11-14)17(27)15-16(12-6-4-3-5-7-12)24-18(28)25-19(15,29)20(21,22)23/h3-11,15-16,29H,1-2H3,(H2,24,25,28)/t15-,16+,19+/m1/s1. The second-order valence-electron chi connectivity index (χ2n) is 7.40. The molecule has 2 aromatic carbocycles. The SMILES string of the molecule is CN(C)S(=O)(=O)c1ccc(C(=O)[C@H]2[C@H](c3ccccc3)NC(=O)N[C@@]2(O)C(F)(F)F)cc1. The number of carbonyl (C=O) groups is 2. The normalized spacial score (nSPS) is 24.0. The van der Waals surface area contributed by atoms with Gasteiger partial charge in [-0.3, -0.25) is 4.79 Å². The molecule has 0 aliphatic carbocycles. The number of sulfonamides is 1. The van der Waals surface area contributed by atoms with E-state index in [9.17, 15) is 36.3 Å². The van der Waals surface area contributed by atoms with E-state index in [4.69, 9.17) is 0 Å². The van der Waals surface area contributed by atoms with Crippen LogP contribution in [0, 0.1) is 5.92 Å². The molecule has 3 N–H and O–H groups in total. The van der Waals surface area contributed by atoms with E-state index in [1.165, 1.54) is 43.7 Å². The molecular formula is C20H20F3N3O5S. The van der Waals surface area contributed by atoms with Crippen molar-refractivity contribution in [2.24, 2.45) is 5.92 Å². The number of rotatable bonds is 5. The zero-order valence-corrected chi connectivity index (χ0v) is 17.7. The molecule has 0 unspecified atom stereocenters. The highest BCUT2D eigenvalue weighted by Gasteiger charge is 2.66. The fraction of sp³-hybridized carbons (Fsp3) is 0.300. The number of benzene rings is 2. The molecule has 1 fully saturated rings. The highest BCUT2D eigenvalue weighted by Crippen LogP contribution is 2.43. The number of carbonyl (C=O) groups excluding carboxylic acids is 2. The lowest BCUT2D eigenvalue weighted by atomic mass is 9.77. The van der Waals surface area contributed by atoms with Gasteiger partial charge in [0, 0.05) is 19.7 Å². The van der Waals surface area contributed by atoms with Crippen LogP contribution in [0.2, 0.25) is 0 Å². The van der Waals surface area contributed by atoms with Gasteiger partial charge in [-0.15, -0.1) is 0 Å². The first-order valence-corrected chi connectivity index (χ1v) is 10.7. The van der Waals surface area contributed by atoms with Crippen LogP contribution in [0.15, 0.2) is 59.5 Å². The van der Waals surface area contributed by atoms with Gasteiger partial charge in [-0.05, 0) is 17.7 Å². The van der Waals surface area contributed by atoms with Gasteiger partial charge in [0.05, 0.1) is 10.9 Å². The molecule has 2 amide bonds. The maximum Gasteiger partial charge on any atom is 0.437 e. The summed E-state index contributed by atoms with van der Waals surface area (Å²) in [7, 11) is -1.22. The minimum atomic E-state index is -5.38. The van der Waals surface area contributed by atoms with Crippen molar-refractivity contribution in [3.05, 3.63) is 65.7 Å². The Bertz CT molecular complexity index is 1120. The molecule has 1 aliphatic heterocycles. The van der Waals surface area contributed by atoms with E-state index in [2.05, 4.69) is 5.32 Å². The van der Waals surface area contributed by atoms with Gasteiger partial charge in [0.15, 0.2) is 5.78 Å². The van der Waals surface area contributed by atoms with Crippen molar-refractivity contribution in [2.75, 3.05) is 14.1 Å². The summed E-state index contributed by atoms with van der Waals surface area (Å²) in [4.78, 5) is 25.0. The van der Waals surface area contributed by atoms with E-state index in [1.807, 2.05) is 0 Å². The van der Waals surface area contributed by atoms with Crippen LogP contribution in [-0.4, -0.2) is 55.6 Å². The van der Waals surface area contributed by atoms with Crippen LogP contribution >= 0.6 is 0 Å². The van der Waals surface area contributed by atoms with Crippen molar-refractivity contribution < 1.29 is 36.3 Å². The minimum absolute atomic E-state index is 0.167. The molecule has 0 saturated carbocycles. The van der Waals surface area contributed by atoms with E-state index in [0.29, 0.717) is 0 Å². The monoisotopic (exact) mass is 471 g/mol. The zero-order chi connectivity index (χ0) is 23.9. The molecular weight excluding hydrogens is 451 g/mol. The van der Waals surface area contributed by atoms with Gasteiger partial charge in [-0.25, -0.2) is 17.5 Å². The Labute approximate surface area is 182 Å². The summed E-state index contributed by atoms with van der Waals surface area (Å²) in [5.74, 6) is -3.33. The van der Waals surface area contributed by atoms with E-state index in [-0.39, 0.29) is 16.0 Å². The highest BCUT2D eigenvalue weighted by molar-refractivity contribution is 7.89. The molecule has 1 aliphatic rings. The van der Waals surface area contributed by atoms with Crippen LogP contribution in [0.1, 0.15) is 22.0 Å². The molecule has 2 aromatic rings. The molecule has 3 rings (SSSR count). The number of amides is 2. The quantitative estimate of drug-likeness (QED) is 0.578. The Morgan fingerprint density at radius 2 is 1.62 bits per heavy atom. The van der Waals surface area contributed by atoms with Gasteiger partial charge < -0.3 is 15.7 Å². The van der Waals surface area contributed by atoms with E-state index in [0.717, 1.165) is 28.6 Å². The summed E-state index contributed by atoms with van der Waals surface area (Å²) in [5.41, 5.74) is -3.95. The van der Waals surface area contributed by atoms with Crippen molar-refractivity contribution in [3.63, 3.8) is 0 Å². The number of hydrogen-bond donors (Lipinski definition) is 3. The Morgan fingerprint density at radius 3 is 2.12 bits per heavy atom. The van der Waals surface area contributed by atoms with Crippen molar-refractivity contribution in [2.45, 2.75) is 22.8 Å². The van der Waals surface area contributed by atoms with Gasteiger partial charge in [0.2, 0.25) is 15.7 Å². The average molecular weight is 471 g/mol. The topological polar surface area (TPSA) is 116 Å². The Balaban J connectivity index is 2.10. The van der Waals surface area contributed by atoms with Gasteiger partial charge >= 0.3 is 12.2 Å². The molecule has 0 spiro atoms. The third-order valence-electron chi connectivity index (χ3n) is 5.16. The number of hydrogen-bond acceptors (Lipinski definition) is 5. The summed E-state index contributed by atoms with van der Waals surface area (Å²) in [6.45, 7) is 0. The predicted octanol–water partition coefficient (Wildman–Crippen LogP) is 2.04. The van der Waals surface area contributed by atoms with E-state index < -0.39 is 45.7 Å². The summed E-state index contributed by atoms with van der Waals surface area (Å²) >= 11 is 0. The molecule has 0 bridgehead atoms. The Morgan fingerprint density at radius 1 is 1.06 bits per heavy atom. The summed E-state index contributed by atoms with van der Waals surface area (Å²) in [6, 6.07) is 8.95. The van der Waals surface area contributed by atoms with Crippen molar-refractivity contribution in [1.29, 1.82) is 0 Å². The molecule has 32 heavy (non-hydrogen) atoms. The van der Waals surface area contributed by atoms with Crippen LogP contribution in [0.5, 0.6) is 0 Å². The molecule has 1 saturated heterocycles. The second kappa shape index (κ2) is 8.19. The van der Waals surface area contributed by atoms with Crippen molar-refractivity contribution >= 4 is 21.8 Å². The molecule has 0 radical (unpaired) electrons. The van der Waals surface area contributed by atoms with Crippen LogP contribution < -0.4 is 10.6 Å². The molecule has 12 heteroatoms. The third kappa shape index (κ3) is 4.08. The van der Waals surface area contributed by atoms with Crippen molar-refractivity contribution in [1.82, 2.24) is 14.9 Å². The fourth-order valence-corrected chi connectivity index (χ4v) is 4.36. The van der Waals surface area contributed by atoms with Gasteiger partial charge in [-0.2, -0.15) is 13.2 Å². The fourth-order valence-electron chi connectivity index (χ4n) is 3.46. The van der Waals surface area contributed by atoms with Crippen molar-refractivity contribution in [3.8, 4) is 0 Å². The Kier molecular flexibility index (Phi) is 6.06. The first-order valence-electron chi connectivity index (χ1n) is 9.28. The Hall–Kier alpha value is -2.96. The van der Waals surface area contributed by atoms with Crippen LogP contribution in [0.4, 0.5) is 18.0 Å². The maximum atomic E-state index is 13.9. The maximum absolute atomic E-state index is 13.9. The van der Waals surface area contributed by atoms with Crippen LogP contribution in [0.25, 0.3) is 0 Å². The predicted molar refractivity (Wildman–Crippen MR) is 107 cm³/mol.